The summed E-state index contributed by atoms with van der Waals surface area (Å²) in [6, 6.07) is 0. The molecule has 3 heteroatoms. The first-order valence-electron chi connectivity index (χ1n) is 5.39. The second-order valence-electron chi connectivity index (χ2n) is 3.88. The van der Waals surface area contributed by atoms with Crippen LogP contribution < -0.4 is 5.32 Å². The fraction of sp³-hybridized carbons (Fsp3) is 1.00. The van der Waals surface area contributed by atoms with E-state index in [9.17, 15) is 4.21 Å². The summed E-state index contributed by atoms with van der Waals surface area (Å²) in [6.07, 6.45) is 7.79. The Balaban J connectivity index is 1.80. The summed E-state index contributed by atoms with van der Waals surface area (Å²) in [4.78, 5) is 0. The Bertz CT molecular complexity index is 135. The fourth-order valence-electron chi connectivity index (χ4n) is 1.91. The van der Waals surface area contributed by atoms with Crippen molar-refractivity contribution in [1.82, 2.24) is 5.32 Å². The van der Waals surface area contributed by atoms with Gasteiger partial charge in [0.25, 0.3) is 0 Å². The van der Waals surface area contributed by atoms with Crippen molar-refractivity contribution in [2.24, 2.45) is 5.92 Å². The van der Waals surface area contributed by atoms with Gasteiger partial charge in [-0.15, -0.1) is 0 Å². The van der Waals surface area contributed by atoms with E-state index in [-0.39, 0.29) is 0 Å². The van der Waals surface area contributed by atoms with Crippen LogP contribution in [-0.4, -0.2) is 18.8 Å². The highest BCUT2D eigenvalue weighted by atomic mass is 32.1. The zero-order valence-electron chi connectivity index (χ0n) is 8.26. The average Bonchev–Trinajstić information content (AvgIpc) is 2.63. The molecule has 0 amide bonds. The molecule has 0 aliphatic carbocycles. The van der Waals surface area contributed by atoms with Crippen molar-refractivity contribution in [2.75, 3.05) is 18.8 Å². The monoisotopic (exact) mass is 202 g/mol. The third-order valence-electron chi connectivity index (χ3n) is 2.75. The highest BCUT2D eigenvalue weighted by Crippen LogP contribution is 2.16. The van der Waals surface area contributed by atoms with Crippen LogP contribution in [-0.2, 0) is 15.9 Å². The zero-order valence-corrected chi connectivity index (χ0v) is 9.07. The van der Waals surface area contributed by atoms with Crippen LogP contribution in [0.25, 0.3) is 0 Å². The Kier molecular flexibility index (Phi) is 6.29. The van der Waals surface area contributed by atoms with Crippen molar-refractivity contribution < 1.29 is 4.21 Å². The lowest BCUT2D eigenvalue weighted by Crippen LogP contribution is -2.08. The van der Waals surface area contributed by atoms with E-state index >= 15 is 0 Å². The van der Waals surface area contributed by atoms with Crippen LogP contribution in [0.1, 0.15) is 38.5 Å². The summed E-state index contributed by atoms with van der Waals surface area (Å²) >= 11 is 0.725. The van der Waals surface area contributed by atoms with Crippen LogP contribution in [0.3, 0.4) is 0 Å². The molecule has 1 unspecified atom stereocenters. The van der Waals surface area contributed by atoms with Gasteiger partial charge in [-0.25, -0.2) is 0 Å². The van der Waals surface area contributed by atoms with E-state index < -0.39 is 0 Å². The van der Waals surface area contributed by atoms with Gasteiger partial charge >= 0.3 is 11.7 Å². The first kappa shape index (κ1) is 11.1. The Morgan fingerprint density at radius 1 is 1.23 bits per heavy atom. The van der Waals surface area contributed by atoms with Gasteiger partial charge in [-0.05, 0) is 38.3 Å². The number of unbranched alkanes of at least 4 members (excludes halogenated alkanes) is 3. The molecule has 76 valence electrons. The van der Waals surface area contributed by atoms with Crippen molar-refractivity contribution in [3.63, 3.8) is 0 Å². The minimum absolute atomic E-state index is 0.725. The van der Waals surface area contributed by atoms with E-state index in [1.807, 2.05) is 0 Å². The standard InChI is InChI=1S/C10H20NOS/c12-13-8-4-2-1-3-5-10-6-7-11-9-10/h10-11H,1-9H2/q+1. The van der Waals surface area contributed by atoms with Crippen molar-refractivity contribution >= 4 is 11.7 Å². The van der Waals surface area contributed by atoms with Crippen LogP contribution in [0.2, 0.25) is 0 Å². The van der Waals surface area contributed by atoms with Crippen LogP contribution in [0.15, 0.2) is 0 Å². The third kappa shape index (κ3) is 5.32. The van der Waals surface area contributed by atoms with Gasteiger partial charge in [0.05, 0.1) is 0 Å². The van der Waals surface area contributed by atoms with Gasteiger partial charge in [0.1, 0.15) is 0 Å². The second-order valence-corrected chi connectivity index (χ2v) is 4.53. The second kappa shape index (κ2) is 7.39. The lowest BCUT2D eigenvalue weighted by Gasteiger charge is -2.06. The molecule has 0 saturated carbocycles. The predicted molar refractivity (Wildman–Crippen MR) is 57.0 cm³/mol. The summed E-state index contributed by atoms with van der Waals surface area (Å²) in [5, 5.41) is 3.39. The average molecular weight is 202 g/mol. The molecule has 1 heterocycles. The van der Waals surface area contributed by atoms with Gasteiger partial charge in [-0.2, -0.15) is 0 Å². The first-order valence-corrected chi connectivity index (χ1v) is 6.30. The lowest BCUT2D eigenvalue weighted by molar-refractivity contribution is 0.489. The molecule has 2 nitrogen and oxygen atoms in total. The predicted octanol–water partition coefficient (Wildman–Crippen LogP) is 1.97. The molecule has 0 spiro atoms. The molecular formula is C10H20NOS+. The minimum Gasteiger partial charge on any atom is -0.316 e. The minimum atomic E-state index is 0.725. The molecular weight excluding hydrogens is 182 g/mol. The molecule has 1 saturated heterocycles. The van der Waals surface area contributed by atoms with E-state index in [1.54, 1.807) is 0 Å². The molecule has 0 aromatic rings. The highest BCUT2D eigenvalue weighted by molar-refractivity contribution is 7.65. The van der Waals surface area contributed by atoms with Crippen molar-refractivity contribution in [3.05, 3.63) is 0 Å². The van der Waals surface area contributed by atoms with Crippen LogP contribution in [0.4, 0.5) is 0 Å². The molecule has 1 aliphatic heterocycles. The van der Waals surface area contributed by atoms with Crippen LogP contribution in [0, 0.1) is 5.92 Å². The molecule has 0 bridgehead atoms. The highest BCUT2D eigenvalue weighted by Gasteiger charge is 2.13. The molecule has 1 rings (SSSR count). The van der Waals surface area contributed by atoms with E-state index in [4.69, 9.17) is 0 Å². The molecule has 13 heavy (non-hydrogen) atoms. The molecule has 1 N–H and O–H groups in total. The summed E-state index contributed by atoms with van der Waals surface area (Å²) in [5.41, 5.74) is 0. The van der Waals surface area contributed by atoms with Crippen molar-refractivity contribution in [3.8, 4) is 0 Å². The Morgan fingerprint density at radius 3 is 2.77 bits per heavy atom. The van der Waals surface area contributed by atoms with E-state index in [0.717, 1.165) is 29.8 Å². The Labute approximate surface area is 85.0 Å². The van der Waals surface area contributed by atoms with Crippen LogP contribution >= 0.6 is 0 Å². The maximum atomic E-state index is 10.1. The number of hydrogen-bond acceptors (Lipinski definition) is 2. The first-order chi connectivity index (χ1) is 6.43. The number of hydrogen-bond donors (Lipinski definition) is 1. The van der Waals surface area contributed by atoms with E-state index in [1.165, 1.54) is 45.2 Å². The maximum absolute atomic E-state index is 10.1. The summed E-state index contributed by atoms with van der Waals surface area (Å²) < 4.78 is 10.1. The number of rotatable bonds is 7. The molecule has 0 radical (unpaired) electrons. The molecule has 1 fully saturated rings. The van der Waals surface area contributed by atoms with E-state index in [0.29, 0.717) is 0 Å². The summed E-state index contributed by atoms with van der Waals surface area (Å²) in [7, 11) is 0. The summed E-state index contributed by atoms with van der Waals surface area (Å²) in [6.45, 7) is 2.45. The van der Waals surface area contributed by atoms with Gasteiger partial charge in [0, 0.05) is 10.6 Å². The third-order valence-corrected chi connectivity index (χ3v) is 3.21. The SMILES string of the molecule is O=[S+]CCCCCCC1CCNC1. The summed E-state index contributed by atoms with van der Waals surface area (Å²) in [5.74, 6) is 1.74. The smallest absolute Gasteiger partial charge is 0.316 e. The van der Waals surface area contributed by atoms with Gasteiger partial charge in [-0.1, -0.05) is 12.8 Å². The van der Waals surface area contributed by atoms with Crippen molar-refractivity contribution in [1.29, 1.82) is 0 Å². The van der Waals surface area contributed by atoms with Gasteiger partial charge in [0.2, 0.25) is 5.75 Å². The van der Waals surface area contributed by atoms with Crippen molar-refractivity contribution in [2.45, 2.75) is 38.5 Å². The number of nitrogens with one attached hydrogen (secondary N) is 1. The topological polar surface area (TPSA) is 29.1 Å². The molecule has 1 atom stereocenters. The van der Waals surface area contributed by atoms with Gasteiger partial charge < -0.3 is 5.32 Å². The van der Waals surface area contributed by atoms with Gasteiger partial charge in [0.15, 0.2) is 0 Å². The quantitative estimate of drug-likeness (QED) is 0.505. The van der Waals surface area contributed by atoms with Crippen LogP contribution in [0.5, 0.6) is 0 Å². The normalized spacial score (nSPS) is 22.0. The molecule has 1 aliphatic rings. The Hall–Kier alpha value is -0.0200. The molecule has 0 aromatic heterocycles. The maximum Gasteiger partial charge on any atom is 0.458 e. The Morgan fingerprint density at radius 2 is 2.08 bits per heavy atom. The van der Waals surface area contributed by atoms with Gasteiger partial charge in [-0.3, -0.25) is 0 Å². The lowest BCUT2D eigenvalue weighted by atomic mass is 10.0. The molecule has 0 aromatic carbocycles. The van der Waals surface area contributed by atoms with E-state index in [2.05, 4.69) is 5.32 Å². The fourth-order valence-corrected chi connectivity index (χ4v) is 2.23. The largest absolute Gasteiger partial charge is 0.458 e. The zero-order chi connectivity index (χ0) is 9.36.